The van der Waals surface area contributed by atoms with Gasteiger partial charge in [-0.25, -0.2) is 0 Å². The van der Waals surface area contributed by atoms with Gasteiger partial charge in [-0.15, -0.1) is 0 Å². The van der Waals surface area contributed by atoms with Crippen molar-refractivity contribution >= 4 is 0 Å². The highest BCUT2D eigenvalue weighted by Gasteiger charge is 2.45. The molecule has 0 bridgehead atoms. The molecule has 0 aliphatic carbocycles. The SMILES string of the molecule is NC[C@H]1O[C@H](CO)[C@@H](OCc2ccccc2)[C@@H]1OCc1ccccc1. The van der Waals surface area contributed by atoms with Gasteiger partial charge in [-0.1, -0.05) is 60.7 Å². The van der Waals surface area contributed by atoms with Crippen molar-refractivity contribution in [3.8, 4) is 0 Å². The zero-order chi connectivity index (χ0) is 17.5. The number of aliphatic hydroxyl groups excluding tert-OH is 1. The third-order valence-electron chi connectivity index (χ3n) is 4.39. The zero-order valence-corrected chi connectivity index (χ0v) is 14.2. The summed E-state index contributed by atoms with van der Waals surface area (Å²) in [5, 5.41) is 9.65. The molecule has 0 unspecified atom stereocenters. The third-order valence-corrected chi connectivity index (χ3v) is 4.39. The Kier molecular flexibility index (Phi) is 6.55. The van der Waals surface area contributed by atoms with Crippen LogP contribution in [0.5, 0.6) is 0 Å². The Hall–Kier alpha value is -1.76. The fourth-order valence-corrected chi connectivity index (χ4v) is 3.08. The maximum Gasteiger partial charge on any atom is 0.115 e. The lowest BCUT2D eigenvalue weighted by molar-refractivity contribution is -0.0830. The Morgan fingerprint density at radius 2 is 1.28 bits per heavy atom. The van der Waals surface area contributed by atoms with E-state index in [1.165, 1.54) is 0 Å². The van der Waals surface area contributed by atoms with E-state index >= 15 is 0 Å². The summed E-state index contributed by atoms with van der Waals surface area (Å²) < 4.78 is 18.0. The second kappa shape index (κ2) is 9.08. The fraction of sp³-hybridized carbons (Fsp3) is 0.400. The molecule has 0 spiro atoms. The predicted molar refractivity (Wildman–Crippen MR) is 94.8 cm³/mol. The van der Waals surface area contributed by atoms with E-state index in [0.717, 1.165) is 11.1 Å². The van der Waals surface area contributed by atoms with E-state index < -0.39 is 6.10 Å². The summed E-state index contributed by atoms with van der Waals surface area (Å²) in [6.45, 7) is 1.09. The number of hydrogen-bond donors (Lipinski definition) is 2. The molecular formula is C20H25NO4. The first kappa shape index (κ1) is 18.0. The highest BCUT2D eigenvalue weighted by molar-refractivity contribution is 5.14. The molecule has 0 saturated carbocycles. The average molecular weight is 343 g/mol. The number of ether oxygens (including phenoxy) is 3. The molecule has 25 heavy (non-hydrogen) atoms. The van der Waals surface area contributed by atoms with Crippen molar-refractivity contribution in [2.45, 2.75) is 37.6 Å². The molecule has 1 fully saturated rings. The summed E-state index contributed by atoms with van der Waals surface area (Å²) in [6, 6.07) is 19.9. The van der Waals surface area contributed by atoms with Crippen LogP contribution < -0.4 is 5.73 Å². The highest BCUT2D eigenvalue weighted by atomic mass is 16.6. The topological polar surface area (TPSA) is 73.9 Å². The van der Waals surface area contributed by atoms with Gasteiger partial charge in [0.25, 0.3) is 0 Å². The molecule has 1 aliphatic heterocycles. The van der Waals surface area contributed by atoms with Crippen LogP contribution >= 0.6 is 0 Å². The smallest absolute Gasteiger partial charge is 0.115 e. The Balaban J connectivity index is 1.66. The van der Waals surface area contributed by atoms with E-state index in [-0.39, 0.29) is 24.9 Å². The van der Waals surface area contributed by atoms with Crippen LogP contribution in [0.4, 0.5) is 0 Å². The summed E-state index contributed by atoms with van der Waals surface area (Å²) in [5.41, 5.74) is 7.98. The summed E-state index contributed by atoms with van der Waals surface area (Å²) in [5.74, 6) is 0. The fourth-order valence-electron chi connectivity index (χ4n) is 3.08. The first-order valence-electron chi connectivity index (χ1n) is 8.59. The van der Waals surface area contributed by atoms with Crippen molar-refractivity contribution in [2.75, 3.05) is 13.2 Å². The van der Waals surface area contributed by atoms with E-state index in [1.807, 2.05) is 60.7 Å². The van der Waals surface area contributed by atoms with E-state index in [1.54, 1.807) is 0 Å². The van der Waals surface area contributed by atoms with Gasteiger partial charge in [0.15, 0.2) is 0 Å². The van der Waals surface area contributed by atoms with E-state index in [0.29, 0.717) is 19.8 Å². The molecule has 4 atom stereocenters. The van der Waals surface area contributed by atoms with Crippen LogP contribution in [0.3, 0.4) is 0 Å². The van der Waals surface area contributed by atoms with Crippen molar-refractivity contribution in [1.82, 2.24) is 0 Å². The van der Waals surface area contributed by atoms with Crippen molar-refractivity contribution < 1.29 is 19.3 Å². The van der Waals surface area contributed by atoms with Gasteiger partial charge in [0.1, 0.15) is 18.3 Å². The molecule has 5 heteroatoms. The van der Waals surface area contributed by atoms with E-state index in [9.17, 15) is 5.11 Å². The summed E-state index contributed by atoms with van der Waals surface area (Å²) >= 11 is 0. The molecule has 0 amide bonds. The normalized spacial score (nSPS) is 26.0. The molecular weight excluding hydrogens is 318 g/mol. The van der Waals surface area contributed by atoms with Gasteiger partial charge in [-0.05, 0) is 11.1 Å². The Morgan fingerprint density at radius 3 is 1.72 bits per heavy atom. The summed E-state index contributed by atoms with van der Waals surface area (Å²) in [7, 11) is 0. The van der Waals surface area contributed by atoms with E-state index in [2.05, 4.69) is 0 Å². The van der Waals surface area contributed by atoms with Crippen LogP contribution in [0.25, 0.3) is 0 Å². The van der Waals surface area contributed by atoms with Gasteiger partial charge >= 0.3 is 0 Å². The van der Waals surface area contributed by atoms with E-state index in [4.69, 9.17) is 19.9 Å². The van der Waals surface area contributed by atoms with Crippen LogP contribution in [0, 0.1) is 0 Å². The molecule has 3 rings (SSSR count). The number of hydrogen-bond acceptors (Lipinski definition) is 5. The lowest BCUT2D eigenvalue weighted by Crippen LogP contribution is -2.40. The number of rotatable bonds is 8. The Labute approximate surface area is 148 Å². The minimum absolute atomic E-state index is 0.124. The van der Waals surface area contributed by atoms with Gasteiger partial charge in [-0.3, -0.25) is 0 Å². The van der Waals surface area contributed by atoms with Crippen LogP contribution in [-0.2, 0) is 27.4 Å². The minimum atomic E-state index is -0.432. The second-order valence-electron chi connectivity index (χ2n) is 6.15. The molecule has 2 aromatic carbocycles. The van der Waals surface area contributed by atoms with Crippen LogP contribution in [0.15, 0.2) is 60.7 Å². The predicted octanol–water partition coefficient (Wildman–Crippen LogP) is 1.88. The van der Waals surface area contributed by atoms with Crippen LogP contribution in [0.1, 0.15) is 11.1 Å². The summed E-state index contributed by atoms with van der Waals surface area (Å²) in [4.78, 5) is 0. The number of nitrogens with two attached hydrogens (primary N) is 1. The highest BCUT2D eigenvalue weighted by Crippen LogP contribution is 2.28. The lowest BCUT2D eigenvalue weighted by atomic mass is 10.1. The second-order valence-corrected chi connectivity index (χ2v) is 6.15. The molecule has 1 saturated heterocycles. The van der Waals surface area contributed by atoms with Crippen molar-refractivity contribution in [2.24, 2.45) is 5.73 Å². The first-order chi connectivity index (χ1) is 12.3. The van der Waals surface area contributed by atoms with Crippen molar-refractivity contribution in [3.05, 3.63) is 71.8 Å². The van der Waals surface area contributed by atoms with Gasteiger partial charge in [0, 0.05) is 6.54 Å². The minimum Gasteiger partial charge on any atom is -0.394 e. The maximum atomic E-state index is 9.65. The van der Waals surface area contributed by atoms with Crippen molar-refractivity contribution in [1.29, 1.82) is 0 Å². The Morgan fingerprint density at radius 1 is 0.800 bits per heavy atom. The average Bonchev–Trinajstić information content (AvgIpc) is 3.03. The zero-order valence-electron chi connectivity index (χ0n) is 14.2. The molecule has 1 aliphatic rings. The molecule has 0 radical (unpaired) electrons. The van der Waals surface area contributed by atoms with Crippen LogP contribution in [-0.4, -0.2) is 42.7 Å². The first-order valence-corrected chi connectivity index (χ1v) is 8.59. The number of aliphatic hydroxyl groups is 1. The molecule has 134 valence electrons. The van der Waals surface area contributed by atoms with Gasteiger partial charge in [0.2, 0.25) is 0 Å². The van der Waals surface area contributed by atoms with Gasteiger partial charge < -0.3 is 25.1 Å². The maximum absolute atomic E-state index is 9.65. The third kappa shape index (κ3) is 4.66. The molecule has 2 aromatic rings. The standard InChI is InChI=1S/C20H25NO4/c21-11-17-19(23-13-15-7-3-1-4-8-15)20(18(12-22)25-17)24-14-16-9-5-2-6-10-16/h1-10,17-20,22H,11-14,21H2/t17-,18-,19-,20-/m1/s1. The van der Waals surface area contributed by atoms with Crippen LogP contribution in [0.2, 0.25) is 0 Å². The van der Waals surface area contributed by atoms with Gasteiger partial charge in [0.05, 0.1) is 25.9 Å². The molecule has 1 heterocycles. The Bertz CT molecular complexity index is 567. The monoisotopic (exact) mass is 343 g/mol. The largest absolute Gasteiger partial charge is 0.394 e. The lowest BCUT2D eigenvalue weighted by Gasteiger charge is -2.24. The van der Waals surface area contributed by atoms with Crippen molar-refractivity contribution in [3.63, 3.8) is 0 Å². The number of benzene rings is 2. The molecule has 5 nitrogen and oxygen atoms in total. The summed E-state index contributed by atoms with van der Waals surface area (Å²) in [6.07, 6.45) is -1.40. The quantitative estimate of drug-likeness (QED) is 0.765. The molecule has 3 N–H and O–H groups in total. The molecule has 0 aromatic heterocycles. The van der Waals surface area contributed by atoms with Gasteiger partial charge in [-0.2, -0.15) is 0 Å².